The topological polar surface area (TPSA) is 50.7 Å². The van der Waals surface area contributed by atoms with Gasteiger partial charge in [0.1, 0.15) is 10.7 Å². The van der Waals surface area contributed by atoms with E-state index in [4.69, 9.17) is 0 Å². The molecular formula is C11H13BrN4S. The van der Waals surface area contributed by atoms with Crippen LogP contribution in [0.4, 0.5) is 0 Å². The molecule has 2 rings (SSSR count). The Labute approximate surface area is 113 Å². The summed E-state index contributed by atoms with van der Waals surface area (Å²) in [7, 11) is 0. The van der Waals surface area contributed by atoms with Crippen LogP contribution in [0.1, 0.15) is 18.4 Å². The Balaban J connectivity index is 2.10. The van der Waals surface area contributed by atoms with Crippen molar-refractivity contribution in [3.63, 3.8) is 0 Å². The second kappa shape index (κ2) is 6.18. The zero-order chi connectivity index (χ0) is 12.1. The van der Waals surface area contributed by atoms with E-state index in [1.54, 1.807) is 17.5 Å². The summed E-state index contributed by atoms with van der Waals surface area (Å²) in [5, 5.41) is 13.5. The van der Waals surface area contributed by atoms with Crippen molar-refractivity contribution in [1.29, 1.82) is 0 Å². The number of pyridine rings is 1. The highest BCUT2D eigenvalue weighted by Gasteiger charge is 2.10. The second-order valence-electron chi connectivity index (χ2n) is 3.51. The summed E-state index contributed by atoms with van der Waals surface area (Å²) in [6.07, 6.45) is 2.88. The monoisotopic (exact) mass is 312 g/mol. The van der Waals surface area contributed by atoms with E-state index in [1.165, 1.54) is 0 Å². The van der Waals surface area contributed by atoms with Crippen LogP contribution in [-0.2, 0) is 6.54 Å². The Morgan fingerprint density at radius 1 is 1.41 bits per heavy atom. The maximum absolute atomic E-state index is 4.30. The van der Waals surface area contributed by atoms with Gasteiger partial charge in [0.25, 0.3) is 0 Å². The highest BCUT2D eigenvalue weighted by atomic mass is 79.9. The summed E-state index contributed by atoms with van der Waals surface area (Å²) in [6, 6.07) is 3.84. The molecule has 90 valence electrons. The van der Waals surface area contributed by atoms with Crippen molar-refractivity contribution in [1.82, 2.24) is 20.5 Å². The molecule has 0 saturated carbocycles. The van der Waals surface area contributed by atoms with Gasteiger partial charge in [0.15, 0.2) is 5.01 Å². The first kappa shape index (κ1) is 12.6. The smallest absolute Gasteiger partial charge is 0.167 e. The summed E-state index contributed by atoms with van der Waals surface area (Å²) in [5.74, 6) is 0. The lowest BCUT2D eigenvalue weighted by atomic mass is 10.4. The zero-order valence-corrected chi connectivity index (χ0v) is 11.9. The molecule has 0 unspecified atom stereocenters. The van der Waals surface area contributed by atoms with Crippen LogP contribution in [-0.4, -0.2) is 21.7 Å². The lowest BCUT2D eigenvalue weighted by Crippen LogP contribution is -2.13. The van der Waals surface area contributed by atoms with Gasteiger partial charge < -0.3 is 5.32 Å². The first-order valence-corrected chi connectivity index (χ1v) is 7.06. The normalized spacial score (nSPS) is 10.7. The molecule has 2 heterocycles. The Morgan fingerprint density at radius 3 is 3.06 bits per heavy atom. The van der Waals surface area contributed by atoms with E-state index >= 15 is 0 Å². The minimum Gasteiger partial charge on any atom is -0.310 e. The van der Waals surface area contributed by atoms with Crippen LogP contribution in [0.2, 0.25) is 0 Å². The molecule has 6 heteroatoms. The van der Waals surface area contributed by atoms with E-state index in [1.807, 2.05) is 12.1 Å². The average molecular weight is 313 g/mol. The van der Waals surface area contributed by atoms with Crippen LogP contribution in [0.25, 0.3) is 10.7 Å². The van der Waals surface area contributed by atoms with Crippen molar-refractivity contribution in [2.45, 2.75) is 19.9 Å². The molecule has 4 nitrogen and oxygen atoms in total. The van der Waals surface area contributed by atoms with Crippen LogP contribution in [0.3, 0.4) is 0 Å². The third-order valence-corrected chi connectivity index (χ3v) is 3.70. The van der Waals surface area contributed by atoms with Crippen LogP contribution in [0.15, 0.2) is 22.8 Å². The van der Waals surface area contributed by atoms with Crippen molar-refractivity contribution in [3.05, 3.63) is 27.8 Å². The van der Waals surface area contributed by atoms with Crippen molar-refractivity contribution in [2.24, 2.45) is 0 Å². The summed E-state index contributed by atoms with van der Waals surface area (Å²) >= 11 is 5.04. The van der Waals surface area contributed by atoms with Gasteiger partial charge in [0, 0.05) is 17.2 Å². The summed E-state index contributed by atoms with van der Waals surface area (Å²) in [4.78, 5) is 4.30. The lowest BCUT2D eigenvalue weighted by molar-refractivity contribution is 0.668. The van der Waals surface area contributed by atoms with Gasteiger partial charge in [-0.1, -0.05) is 18.3 Å². The van der Waals surface area contributed by atoms with Gasteiger partial charge >= 0.3 is 0 Å². The summed E-state index contributed by atoms with van der Waals surface area (Å²) < 4.78 is 0.948. The molecule has 0 fully saturated rings. The Kier molecular flexibility index (Phi) is 4.58. The number of hydrogen-bond acceptors (Lipinski definition) is 5. The SMILES string of the molecule is CCCNCc1nnc(-c2ncccc2Br)s1. The number of halogens is 1. The van der Waals surface area contributed by atoms with Crippen molar-refractivity contribution < 1.29 is 0 Å². The van der Waals surface area contributed by atoms with Gasteiger partial charge in [-0.3, -0.25) is 4.98 Å². The second-order valence-corrected chi connectivity index (χ2v) is 5.43. The molecule has 17 heavy (non-hydrogen) atoms. The van der Waals surface area contributed by atoms with Crippen molar-refractivity contribution >= 4 is 27.3 Å². The third kappa shape index (κ3) is 3.31. The predicted octanol–water partition coefficient (Wildman–Crippen LogP) is 2.86. The van der Waals surface area contributed by atoms with Crippen molar-refractivity contribution in [3.8, 4) is 10.7 Å². The first-order chi connectivity index (χ1) is 8.31. The van der Waals surface area contributed by atoms with E-state index in [2.05, 4.69) is 43.4 Å². The summed E-state index contributed by atoms with van der Waals surface area (Å²) in [5.41, 5.74) is 0.853. The molecule has 0 amide bonds. The van der Waals surface area contributed by atoms with E-state index in [0.29, 0.717) is 0 Å². The molecule has 0 saturated heterocycles. The Bertz CT molecular complexity index is 486. The van der Waals surface area contributed by atoms with Crippen LogP contribution >= 0.6 is 27.3 Å². The van der Waals surface area contributed by atoms with E-state index in [-0.39, 0.29) is 0 Å². The Morgan fingerprint density at radius 2 is 2.29 bits per heavy atom. The summed E-state index contributed by atoms with van der Waals surface area (Å²) in [6.45, 7) is 3.92. The molecule has 2 aromatic rings. The lowest BCUT2D eigenvalue weighted by Gasteiger charge is -1.97. The van der Waals surface area contributed by atoms with Gasteiger partial charge in [0.05, 0.1) is 0 Å². The molecule has 0 aromatic carbocycles. The standard InChI is InChI=1S/C11H13BrN4S/c1-2-5-13-7-9-15-16-11(17-9)10-8(12)4-3-6-14-10/h3-4,6,13H,2,5,7H2,1H3. The van der Waals surface area contributed by atoms with E-state index < -0.39 is 0 Å². The van der Waals surface area contributed by atoms with Gasteiger partial charge in [-0.15, -0.1) is 10.2 Å². The average Bonchev–Trinajstić information content (AvgIpc) is 2.79. The molecule has 0 spiro atoms. The number of aromatic nitrogens is 3. The van der Waals surface area contributed by atoms with Gasteiger partial charge in [-0.25, -0.2) is 0 Å². The van der Waals surface area contributed by atoms with Crippen molar-refractivity contribution in [2.75, 3.05) is 6.54 Å². The molecule has 0 bridgehead atoms. The quantitative estimate of drug-likeness (QED) is 0.863. The van der Waals surface area contributed by atoms with E-state index in [9.17, 15) is 0 Å². The fraction of sp³-hybridized carbons (Fsp3) is 0.364. The molecule has 0 radical (unpaired) electrons. The molecule has 0 aliphatic rings. The van der Waals surface area contributed by atoms with E-state index in [0.717, 1.165) is 39.7 Å². The predicted molar refractivity (Wildman–Crippen MR) is 72.8 cm³/mol. The third-order valence-electron chi connectivity index (χ3n) is 2.13. The minimum atomic E-state index is 0.774. The highest BCUT2D eigenvalue weighted by Crippen LogP contribution is 2.27. The first-order valence-electron chi connectivity index (χ1n) is 5.45. The molecular weight excluding hydrogens is 300 g/mol. The maximum atomic E-state index is 4.30. The minimum absolute atomic E-state index is 0.774. The molecule has 1 N–H and O–H groups in total. The van der Waals surface area contributed by atoms with Gasteiger partial charge in [-0.05, 0) is 41.0 Å². The van der Waals surface area contributed by atoms with Gasteiger partial charge in [-0.2, -0.15) is 0 Å². The van der Waals surface area contributed by atoms with Gasteiger partial charge in [0.2, 0.25) is 0 Å². The highest BCUT2D eigenvalue weighted by molar-refractivity contribution is 9.10. The zero-order valence-electron chi connectivity index (χ0n) is 9.48. The number of nitrogens with zero attached hydrogens (tertiary/aromatic N) is 3. The molecule has 0 aliphatic carbocycles. The number of rotatable bonds is 5. The fourth-order valence-electron chi connectivity index (χ4n) is 1.34. The Hall–Kier alpha value is -0.850. The molecule has 0 aliphatic heterocycles. The molecule has 2 aromatic heterocycles. The molecule has 0 atom stereocenters. The largest absolute Gasteiger partial charge is 0.310 e. The van der Waals surface area contributed by atoms with Crippen LogP contribution in [0, 0.1) is 0 Å². The maximum Gasteiger partial charge on any atom is 0.167 e. The van der Waals surface area contributed by atoms with Crippen LogP contribution < -0.4 is 5.32 Å². The van der Waals surface area contributed by atoms with Crippen LogP contribution in [0.5, 0.6) is 0 Å². The number of hydrogen-bond donors (Lipinski definition) is 1. The fourth-order valence-corrected chi connectivity index (χ4v) is 2.73. The number of nitrogens with one attached hydrogen (secondary N) is 1.